The maximum atomic E-state index is 9.70. The van der Waals surface area contributed by atoms with Gasteiger partial charge in [-0.3, -0.25) is 4.98 Å². The van der Waals surface area contributed by atoms with E-state index in [4.69, 9.17) is 0 Å². The first-order valence-corrected chi connectivity index (χ1v) is 6.23. The zero-order valence-corrected chi connectivity index (χ0v) is 11.2. The number of benzene rings is 1. The predicted octanol–water partition coefficient (Wildman–Crippen LogP) is 4.13. The van der Waals surface area contributed by atoms with E-state index in [1.165, 1.54) is 0 Å². The van der Waals surface area contributed by atoms with Gasteiger partial charge < -0.3 is 5.11 Å². The first-order valence-electron chi connectivity index (χ1n) is 6.23. The molecule has 2 rings (SSSR count). The summed E-state index contributed by atoms with van der Waals surface area (Å²) in [5, 5.41) is 9.70. The van der Waals surface area contributed by atoms with E-state index in [0.29, 0.717) is 5.75 Å². The normalized spacial score (nSPS) is 11.5. The van der Waals surface area contributed by atoms with Crippen molar-refractivity contribution in [3.05, 3.63) is 71.1 Å². The average Bonchev–Trinajstić information content (AvgIpc) is 2.42. The van der Waals surface area contributed by atoms with E-state index >= 15 is 0 Å². The van der Waals surface area contributed by atoms with Crippen molar-refractivity contribution in [2.75, 3.05) is 0 Å². The molecule has 1 heterocycles. The highest BCUT2D eigenvalue weighted by atomic mass is 16.3. The Balaban J connectivity index is 2.09. The van der Waals surface area contributed by atoms with Gasteiger partial charge in [0.05, 0.1) is 5.69 Å². The summed E-state index contributed by atoms with van der Waals surface area (Å²) in [7, 11) is 0. The van der Waals surface area contributed by atoms with Gasteiger partial charge in [-0.2, -0.15) is 0 Å². The average molecular weight is 251 g/mol. The first-order chi connectivity index (χ1) is 9.16. The minimum atomic E-state index is 0.376. The van der Waals surface area contributed by atoms with Gasteiger partial charge >= 0.3 is 0 Å². The highest BCUT2D eigenvalue weighted by Crippen LogP contribution is 2.23. The second-order valence-electron chi connectivity index (χ2n) is 4.48. The summed E-state index contributed by atoms with van der Waals surface area (Å²) in [5.74, 6) is 0.376. The summed E-state index contributed by atoms with van der Waals surface area (Å²) in [6.07, 6.45) is 9.67. The van der Waals surface area contributed by atoms with E-state index in [-0.39, 0.29) is 0 Å². The molecule has 2 nitrogen and oxygen atoms in total. The van der Waals surface area contributed by atoms with E-state index in [1.54, 1.807) is 6.20 Å². The molecular weight excluding hydrogens is 234 g/mol. The van der Waals surface area contributed by atoms with E-state index in [1.807, 2.05) is 68.5 Å². The molecule has 1 aromatic heterocycles. The Morgan fingerprint density at radius 2 is 1.68 bits per heavy atom. The van der Waals surface area contributed by atoms with Crippen LogP contribution in [0.2, 0.25) is 0 Å². The van der Waals surface area contributed by atoms with Gasteiger partial charge in [0.25, 0.3) is 0 Å². The van der Waals surface area contributed by atoms with Crippen LogP contribution >= 0.6 is 0 Å². The van der Waals surface area contributed by atoms with Gasteiger partial charge in [-0.05, 0) is 60.9 Å². The van der Waals surface area contributed by atoms with E-state index < -0.39 is 0 Å². The Hall–Kier alpha value is -2.35. The number of aryl methyl sites for hydroxylation is 2. The Morgan fingerprint density at radius 3 is 2.32 bits per heavy atom. The molecule has 1 aromatic carbocycles. The predicted molar refractivity (Wildman–Crippen MR) is 79.9 cm³/mol. The van der Waals surface area contributed by atoms with Crippen LogP contribution in [-0.2, 0) is 0 Å². The van der Waals surface area contributed by atoms with E-state index in [9.17, 15) is 5.11 Å². The third-order valence-corrected chi connectivity index (χ3v) is 2.87. The maximum absolute atomic E-state index is 9.70. The van der Waals surface area contributed by atoms with Crippen LogP contribution in [0.1, 0.15) is 22.4 Å². The molecule has 19 heavy (non-hydrogen) atoms. The van der Waals surface area contributed by atoms with Crippen LogP contribution in [0.3, 0.4) is 0 Å². The Labute approximate surface area is 113 Å². The molecule has 0 fully saturated rings. The zero-order chi connectivity index (χ0) is 13.7. The van der Waals surface area contributed by atoms with Crippen LogP contribution in [0.15, 0.2) is 48.7 Å². The third-order valence-electron chi connectivity index (χ3n) is 2.87. The molecule has 0 spiro atoms. The molecule has 0 atom stereocenters. The van der Waals surface area contributed by atoms with Crippen LogP contribution in [0.4, 0.5) is 0 Å². The number of allylic oxidation sites excluding steroid dienone is 2. The van der Waals surface area contributed by atoms with Crippen molar-refractivity contribution in [2.45, 2.75) is 13.8 Å². The molecule has 0 bridgehead atoms. The van der Waals surface area contributed by atoms with Gasteiger partial charge in [0.2, 0.25) is 0 Å². The van der Waals surface area contributed by atoms with Crippen LogP contribution in [0.25, 0.3) is 12.2 Å². The summed E-state index contributed by atoms with van der Waals surface area (Å²) >= 11 is 0. The SMILES string of the molecule is Cc1cc(C=CC=Cc2ccccn2)cc(C)c1O. The van der Waals surface area contributed by atoms with Crippen molar-refractivity contribution >= 4 is 12.2 Å². The zero-order valence-electron chi connectivity index (χ0n) is 11.2. The first kappa shape index (κ1) is 13.1. The van der Waals surface area contributed by atoms with Crippen LogP contribution < -0.4 is 0 Å². The number of phenolic OH excluding ortho intramolecular Hbond substituents is 1. The lowest BCUT2D eigenvalue weighted by atomic mass is 10.1. The maximum Gasteiger partial charge on any atom is 0.121 e. The van der Waals surface area contributed by atoms with Gasteiger partial charge in [0.15, 0.2) is 0 Å². The number of pyridine rings is 1. The summed E-state index contributed by atoms with van der Waals surface area (Å²) in [5.41, 5.74) is 3.81. The molecule has 0 saturated carbocycles. The lowest BCUT2D eigenvalue weighted by molar-refractivity contribution is 0.467. The second kappa shape index (κ2) is 6.01. The number of rotatable bonds is 3. The van der Waals surface area contributed by atoms with Crippen LogP contribution in [0.5, 0.6) is 5.75 Å². The molecular formula is C17H17NO. The lowest BCUT2D eigenvalue weighted by Crippen LogP contribution is -1.82. The topological polar surface area (TPSA) is 33.1 Å². The number of aromatic nitrogens is 1. The number of hydrogen-bond acceptors (Lipinski definition) is 2. The van der Waals surface area contributed by atoms with Gasteiger partial charge in [-0.1, -0.05) is 24.3 Å². The van der Waals surface area contributed by atoms with Crippen LogP contribution in [0, 0.1) is 13.8 Å². The molecule has 0 saturated heterocycles. The van der Waals surface area contributed by atoms with Crippen molar-refractivity contribution < 1.29 is 5.11 Å². The number of hydrogen-bond donors (Lipinski definition) is 1. The van der Waals surface area contributed by atoms with Crippen molar-refractivity contribution in [1.82, 2.24) is 4.98 Å². The monoisotopic (exact) mass is 251 g/mol. The molecule has 0 aliphatic heterocycles. The number of aromatic hydroxyl groups is 1. The molecule has 96 valence electrons. The molecule has 0 aliphatic rings. The number of nitrogens with zero attached hydrogens (tertiary/aromatic N) is 1. The summed E-state index contributed by atoms with van der Waals surface area (Å²) in [4.78, 5) is 4.21. The standard InChI is InChI=1S/C17H17NO/c1-13-11-15(12-14(2)17(13)19)7-3-4-8-16-9-5-6-10-18-16/h3-12,19H,1-2H3. The summed E-state index contributed by atoms with van der Waals surface area (Å²) in [6.45, 7) is 3.81. The molecule has 0 unspecified atom stereocenters. The largest absolute Gasteiger partial charge is 0.507 e. The van der Waals surface area contributed by atoms with Crippen molar-refractivity contribution in [2.24, 2.45) is 0 Å². The fourth-order valence-corrected chi connectivity index (χ4v) is 1.88. The van der Waals surface area contributed by atoms with Gasteiger partial charge in [0, 0.05) is 6.20 Å². The minimum Gasteiger partial charge on any atom is -0.507 e. The quantitative estimate of drug-likeness (QED) is 0.832. The molecule has 0 aliphatic carbocycles. The highest BCUT2D eigenvalue weighted by molar-refractivity contribution is 5.59. The molecule has 2 heteroatoms. The summed E-state index contributed by atoms with van der Waals surface area (Å²) < 4.78 is 0. The molecule has 0 amide bonds. The molecule has 2 aromatic rings. The minimum absolute atomic E-state index is 0.376. The lowest BCUT2D eigenvalue weighted by Gasteiger charge is -2.04. The Bertz CT molecular complexity index is 589. The van der Waals surface area contributed by atoms with E-state index in [0.717, 1.165) is 22.4 Å². The Morgan fingerprint density at radius 1 is 1.00 bits per heavy atom. The van der Waals surface area contributed by atoms with Crippen LogP contribution in [-0.4, -0.2) is 10.1 Å². The van der Waals surface area contributed by atoms with Crippen molar-refractivity contribution in [1.29, 1.82) is 0 Å². The van der Waals surface area contributed by atoms with Gasteiger partial charge in [-0.15, -0.1) is 0 Å². The molecule has 0 radical (unpaired) electrons. The van der Waals surface area contributed by atoms with E-state index in [2.05, 4.69) is 4.98 Å². The Kier molecular flexibility index (Phi) is 4.14. The van der Waals surface area contributed by atoms with Crippen molar-refractivity contribution in [3.63, 3.8) is 0 Å². The summed E-state index contributed by atoms with van der Waals surface area (Å²) in [6, 6.07) is 9.75. The highest BCUT2D eigenvalue weighted by Gasteiger charge is 2.00. The fourth-order valence-electron chi connectivity index (χ4n) is 1.88. The number of phenols is 1. The molecule has 1 N–H and O–H groups in total. The smallest absolute Gasteiger partial charge is 0.121 e. The second-order valence-corrected chi connectivity index (χ2v) is 4.48. The fraction of sp³-hybridized carbons (Fsp3) is 0.118. The van der Waals surface area contributed by atoms with Gasteiger partial charge in [0.1, 0.15) is 5.75 Å². The third kappa shape index (κ3) is 3.55. The van der Waals surface area contributed by atoms with Crippen molar-refractivity contribution in [3.8, 4) is 5.75 Å². The van der Waals surface area contributed by atoms with Gasteiger partial charge in [-0.25, -0.2) is 0 Å².